The zero-order valence-corrected chi connectivity index (χ0v) is 13.6. The fourth-order valence-electron chi connectivity index (χ4n) is 1.93. The Bertz CT molecular complexity index is 660. The Morgan fingerprint density at radius 2 is 1.74 bits per heavy atom. The first kappa shape index (κ1) is 17.3. The Hall–Kier alpha value is -2.08. The summed E-state index contributed by atoms with van der Waals surface area (Å²) in [4.78, 5) is 13.3. The fourth-order valence-corrected chi connectivity index (χ4v) is 2.88. The number of anilines is 1. The highest BCUT2D eigenvalue weighted by Gasteiger charge is 2.13. The summed E-state index contributed by atoms with van der Waals surface area (Å²) in [6.45, 7) is 1.25. The molecular formula is C17H17F2NO2S. The molecule has 1 amide bonds. The minimum atomic E-state index is -2.87. The van der Waals surface area contributed by atoms with Crippen molar-refractivity contribution in [1.82, 2.24) is 0 Å². The molecule has 2 aromatic rings. The largest absolute Gasteiger partial charge is 0.435 e. The van der Waals surface area contributed by atoms with Crippen molar-refractivity contribution in [2.45, 2.75) is 30.6 Å². The summed E-state index contributed by atoms with van der Waals surface area (Å²) in [6, 6.07) is 13.2. The lowest BCUT2D eigenvalue weighted by atomic mass is 10.2. The van der Waals surface area contributed by atoms with E-state index in [-0.39, 0.29) is 11.7 Å². The molecule has 0 radical (unpaired) electrons. The molecule has 0 heterocycles. The Kier molecular flexibility index (Phi) is 5.98. The zero-order chi connectivity index (χ0) is 16.8. The molecular weight excluding hydrogens is 320 g/mol. The van der Waals surface area contributed by atoms with Gasteiger partial charge in [0, 0.05) is 15.8 Å². The first-order valence-corrected chi connectivity index (χ1v) is 7.95. The number of hydrogen-bond donors (Lipinski definition) is 1. The van der Waals surface area contributed by atoms with Crippen molar-refractivity contribution in [3.05, 3.63) is 54.1 Å². The number of halogens is 2. The molecule has 0 bridgehead atoms. The van der Waals surface area contributed by atoms with Crippen LogP contribution in [0.15, 0.2) is 53.4 Å². The number of carbonyl (C=O) groups excluding carboxylic acids is 1. The van der Waals surface area contributed by atoms with Gasteiger partial charge in [-0.2, -0.15) is 8.78 Å². The highest BCUT2D eigenvalue weighted by atomic mass is 32.2. The molecule has 0 saturated carbocycles. The van der Waals surface area contributed by atoms with Crippen LogP contribution in [0.1, 0.15) is 24.2 Å². The van der Waals surface area contributed by atoms with Gasteiger partial charge >= 0.3 is 6.61 Å². The smallest absolute Gasteiger partial charge is 0.387 e. The molecule has 0 atom stereocenters. The summed E-state index contributed by atoms with van der Waals surface area (Å²) in [7, 11) is 0. The molecule has 0 saturated heterocycles. The summed E-state index contributed by atoms with van der Waals surface area (Å²) in [5.41, 5.74) is 1.10. The van der Waals surface area contributed by atoms with Gasteiger partial charge in [-0.25, -0.2) is 0 Å². The van der Waals surface area contributed by atoms with E-state index in [0.29, 0.717) is 16.5 Å². The lowest BCUT2D eigenvalue weighted by Gasteiger charge is -2.12. The maximum absolute atomic E-state index is 12.4. The van der Waals surface area contributed by atoms with Crippen LogP contribution in [0.2, 0.25) is 0 Å². The van der Waals surface area contributed by atoms with E-state index < -0.39 is 6.61 Å². The second kappa shape index (κ2) is 7.97. The molecule has 0 spiro atoms. The summed E-state index contributed by atoms with van der Waals surface area (Å²) in [5, 5.41) is 3.11. The topological polar surface area (TPSA) is 38.3 Å². The number of hydrogen-bond acceptors (Lipinski definition) is 3. The van der Waals surface area contributed by atoms with Crippen LogP contribution in [-0.4, -0.2) is 17.8 Å². The highest BCUT2D eigenvalue weighted by molar-refractivity contribution is 8.00. The highest BCUT2D eigenvalue weighted by Crippen LogP contribution is 2.27. The van der Waals surface area contributed by atoms with Crippen molar-refractivity contribution in [1.29, 1.82) is 0 Å². The van der Waals surface area contributed by atoms with E-state index >= 15 is 0 Å². The summed E-state index contributed by atoms with van der Waals surface area (Å²) >= 11 is 1.61. The number of amides is 1. The van der Waals surface area contributed by atoms with Gasteiger partial charge in [0.15, 0.2) is 0 Å². The third-order valence-corrected chi connectivity index (χ3v) is 3.91. The van der Waals surface area contributed by atoms with E-state index in [9.17, 15) is 13.6 Å². The van der Waals surface area contributed by atoms with Crippen molar-refractivity contribution < 1.29 is 18.3 Å². The monoisotopic (exact) mass is 337 g/mol. The van der Waals surface area contributed by atoms with Crippen molar-refractivity contribution in [3.63, 3.8) is 0 Å². The van der Waals surface area contributed by atoms with Crippen LogP contribution in [-0.2, 0) is 0 Å². The van der Waals surface area contributed by atoms with Crippen LogP contribution in [0.25, 0.3) is 0 Å². The summed E-state index contributed by atoms with van der Waals surface area (Å²) in [5.74, 6) is -0.190. The second-order valence-corrected chi connectivity index (χ2v) is 6.64. The molecule has 1 N–H and O–H groups in total. The summed E-state index contributed by atoms with van der Waals surface area (Å²) in [6.07, 6.45) is 0. The number of carbonyl (C=O) groups is 1. The zero-order valence-electron chi connectivity index (χ0n) is 12.8. The predicted octanol–water partition coefficient (Wildman–Crippen LogP) is 5.04. The number of alkyl halides is 2. The molecule has 0 aliphatic rings. The van der Waals surface area contributed by atoms with Gasteiger partial charge in [0.05, 0.1) is 5.56 Å². The first-order valence-electron chi connectivity index (χ1n) is 7.07. The normalized spacial score (nSPS) is 10.9. The predicted molar refractivity (Wildman–Crippen MR) is 88.5 cm³/mol. The lowest BCUT2D eigenvalue weighted by molar-refractivity contribution is -0.0498. The van der Waals surface area contributed by atoms with Crippen molar-refractivity contribution in [2.24, 2.45) is 0 Å². The molecule has 23 heavy (non-hydrogen) atoms. The molecule has 3 nitrogen and oxygen atoms in total. The van der Waals surface area contributed by atoms with Crippen LogP contribution >= 0.6 is 11.8 Å². The molecule has 2 rings (SSSR count). The Labute approximate surface area is 138 Å². The lowest BCUT2D eigenvalue weighted by Crippen LogP contribution is -2.13. The van der Waals surface area contributed by atoms with Crippen molar-refractivity contribution in [3.8, 4) is 5.75 Å². The van der Waals surface area contributed by atoms with Gasteiger partial charge in [-0.3, -0.25) is 4.79 Å². The average Bonchev–Trinajstić information content (AvgIpc) is 2.48. The maximum atomic E-state index is 12.4. The Morgan fingerprint density at radius 1 is 1.09 bits per heavy atom. The van der Waals surface area contributed by atoms with E-state index in [1.807, 2.05) is 12.1 Å². The third kappa shape index (κ3) is 5.25. The van der Waals surface area contributed by atoms with Gasteiger partial charge in [-0.05, 0) is 36.4 Å². The number of benzene rings is 2. The number of ether oxygens (including phenoxy) is 1. The molecule has 0 unspecified atom stereocenters. The third-order valence-electron chi connectivity index (χ3n) is 2.83. The molecule has 0 fully saturated rings. The quantitative estimate of drug-likeness (QED) is 0.750. The molecule has 6 heteroatoms. The van der Waals surface area contributed by atoms with Crippen molar-refractivity contribution in [2.75, 3.05) is 5.32 Å². The van der Waals surface area contributed by atoms with Crippen LogP contribution in [0.4, 0.5) is 14.5 Å². The number of rotatable bonds is 6. The van der Waals surface area contributed by atoms with Crippen molar-refractivity contribution >= 4 is 23.4 Å². The van der Waals surface area contributed by atoms with E-state index in [2.05, 4.69) is 23.9 Å². The van der Waals surface area contributed by atoms with Gasteiger partial charge in [-0.1, -0.05) is 26.0 Å². The first-order chi connectivity index (χ1) is 11.0. The van der Waals surface area contributed by atoms with Crippen LogP contribution in [0, 0.1) is 0 Å². The number of nitrogens with one attached hydrogen (secondary N) is 1. The standard InChI is InChI=1S/C17H17F2NO2S/c1-11(2)23-15-6-4-3-5-14(15)16(21)20-12-7-9-13(10-8-12)22-17(18)19/h3-11,17H,1-2H3,(H,20,21). The minimum Gasteiger partial charge on any atom is -0.435 e. The van der Waals surface area contributed by atoms with Gasteiger partial charge in [0.25, 0.3) is 5.91 Å². The van der Waals surface area contributed by atoms with E-state index in [4.69, 9.17) is 0 Å². The molecule has 0 aliphatic carbocycles. The Balaban J connectivity index is 2.10. The summed E-state index contributed by atoms with van der Waals surface area (Å²) < 4.78 is 28.5. The molecule has 122 valence electrons. The van der Waals surface area contributed by atoms with Gasteiger partial charge < -0.3 is 10.1 Å². The van der Waals surface area contributed by atoms with E-state index in [1.54, 1.807) is 23.9 Å². The van der Waals surface area contributed by atoms with Gasteiger partial charge in [-0.15, -0.1) is 11.8 Å². The number of thioether (sulfide) groups is 1. The SMILES string of the molecule is CC(C)Sc1ccccc1C(=O)Nc1ccc(OC(F)F)cc1. The van der Waals surface area contributed by atoms with Crippen LogP contribution in [0.5, 0.6) is 5.75 Å². The minimum absolute atomic E-state index is 0.0498. The second-order valence-electron chi connectivity index (χ2n) is 5.02. The van der Waals surface area contributed by atoms with Gasteiger partial charge in [0.1, 0.15) is 5.75 Å². The molecule has 0 aliphatic heterocycles. The molecule has 0 aromatic heterocycles. The van der Waals surface area contributed by atoms with Crippen LogP contribution in [0.3, 0.4) is 0 Å². The fraction of sp³-hybridized carbons (Fsp3) is 0.235. The van der Waals surface area contributed by atoms with Gasteiger partial charge in [0.2, 0.25) is 0 Å². The maximum Gasteiger partial charge on any atom is 0.387 e. The van der Waals surface area contributed by atoms with E-state index in [1.165, 1.54) is 24.3 Å². The Morgan fingerprint density at radius 3 is 2.35 bits per heavy atom. The average molecular weight is 337 g/mol. The van der Waals surface area contributed by atoms with E-state index in [0.717, 1.165) is 4.90 Å². The van der Waals surface area contributed by atoms with Crippen LogP contribution < -0.4 is 10.1 Å². The molecule has 2 aromatic carbocycles.